The largest absolute Gasteiger partial charge is 0.310 e. The Bertz CT molecular complexity index is 582. The minimum atomic E-state index is -0.595. The van der Waals surface area contributed by atoms with E-state index in [1.54, 1.807) is 0 Å². The maximum Gasteiger partial charge on any atom is 0.141 e. The Kier molecular flexibility index (Phi) is 5.33. The van der Waals surface area contributed by atoms with Crippen LogP contribution in [0.15, 0.2) is 36.7 Å². The molecule has 2 nitrogen and oxygen atoms in total. The molecule has 1 heterocycles. The van der Waals surface area contributed by atoms with Crippen LogP contribution >= 0.6 is 0 Å². The van der Waals surface area contributed by atoms with Gasteiger partial charge in [0.2, 0.25) is 0 Å². The Morgan fingerprint density at radius 3 is 2.48 bits per heavy atom. The molecule has 21 heavy (non-hydrogen) atoms. The van der Waals surface area contributed by atoms with E-state index in [0.717, 1.165) is 12.6 Å². The Hall–Kier alpha value is -1.88. The van der Waals surface area contributed by atoms with Crippen LogP contribution in [-0.4, -0.2) is 11.5 Å². The van der Waals surface area contributed by atoms with Gasteiger partial charge in [-0.15, -0.1) is 0 Å². The number of benzene rings is 1. The van der Waals surface area contributed by atoms with Crippen molar-refractivity contribution in [1.29, 1.82) is 0 Å². The van der Waals surface area contributed by atoms with E-state index >= 15 is 0 Å². The van der Waals surface area contributed by atoms with E-state index in [4.69, 9.17) is 0 Å². The number of nitrogens with zero attached hydrogens (tertiary/aromatic N) is 1. The van der Waals surface area contributed by atoms with Gasteiger partial charge in [0.05, 0.1) is 6.20 Å². The van der Waals surface area contributed by atoms with Crippen molar-refractivity contribution >= 4 is 0 Å². The molecule has 0 spiro atoms. The molecule has 0 aliphatic heterocycles. The van der Waals surface area contributed by atoms with Crippen LogP contribution in [0.3, 0.4) is 0 Å². The molecule has 0 aliphatic carbocycles. The number of aromatic nitrogens is 1. The monoisotopic (exact) mass is 294 g/mol. The summed E-state index contributed by atoms with van der Waals surface area (Å²) in [7, 11) is 0. The van der Waals surface area contributed by atoms with Crippen molar-refractivity contribution in [2.45, 2.75) is 25.8 Å². The molecule has 5 heteroatoms. The Morgan fingerprint density at radius 2 is 1.86 bits per heavy atom. The van der Waals surface area contributed by atoms with Crippen molar-refractivity contribution in [2.75, 3.05) is 6.54 Å². The minimum Gasteiger partial charge on any atom is -0.310 e. The first-order chi connectivity index (χ1) is 10.1. The van der Waals surface area contributed by atoms with Crippen LogP contribution < -0.4 is 5.32 Å². The minimum absolute atomic E-state index is 0.00429. The fourth-order valence-electron chi connectivity index (χ4n) is 2.18. The van der Waals surface area contributed by atoms with Gasteiger partial charge in [-0.05, 0) is 43.1 Å². The molecule has 1 unspecified atom stereocenters. The lowest BCUT2D eigenvalue weighted by Crippen LogP contribution is -2.25. The number of nitrogens with one attached hydrogen (secondary N) is 1. The van der Waals surface area contributed by atoms with Gasteiger partial charge in [-0.2, -0.15) is 0 Å². The van der Waals surface area contributed by atoms with Gasteiger partial charge in [0.15, 0.2) is 0 Å². The fraction of sp³-hybridized carbons (Fsp3) is 0.312. The zero-order chi connectivity index (χ0) is 15.2. The molecule has 0 bridgehead atoms. The van der Waals surface area contributed by atoms with Crippen molar-refractivity contribution in [2.24, 2.45) is 0 Å². The Labute approximate surface area is 122 Å². The molecular formula is C16H17F3N2. The molecule has 0 aliphatic rings. The summed E-state index contributed by atoms with van der Waals surface area (Å²) in [5, 5.41) is 3.18. The van der Waals surface area contributed by atoms with E-state index in [1.807, 2.05) is 6.92 Å². The summed E-state index contributed by atoms with van der Waals surface area (Å²) in [6.07, 6.45) is 3.57. The molecule has 1 atom stereocenters. The second-order valence-corrected chi connectivity index (χ2v) is 4.85. The third-order valence-electron chi connectivity index (χ3n) is 3.24. The van der Waals surface area contributed by atoms with Gasteiger partial charge in [0.1, 0.15) is 17.5 Å². The SMILES string of the molecule is CCCNC(Cc1c(F)cccc1F)c1cncc(F)c1. The van der Waals surface area contributed by atoms with Crippen LogP contribution in [0, 0.1) is 17.5 Å². The first-order valence-corrected chi connectivity index (χ1v) is 6.88. The lowest BCUT2D eigenvalue weighted by atomic mass is 9.99. The predicted molar refractivity (Wildman–Crippen MR) is 75.3 cm³/mol. The standard InChI is InChI=1S/C16H17F3N2/c1-2-6-21-16(11-7-12(17)10-20-9-11)8-13-14(18)4-3-5-15(13)19/h3-5,7,9-10,16,21H,2,6,8H2,1H3. The molecule has 1 aromatic heterocycles. The first kappa shape index (κ1) is 15.5. The molecule has 112 valence electrons. The quantitative estimate of drug-likeness (QED) is 0.877. The van der Waals surface area contributed by atoms with E-state index in [-0.39, 0.29) is 18.0 Å². The molecule has 0 saturated heterocycles. The molecule has 2 aromatic rings. The molecule has 1 N–H and O–H groups in total. The smallest absolute Gasteiger partial charge is 0.141 e. The summed E-state index contributed by atoms with van der Waals surface area (Å²) in [6.45, 7) is 2.65. The van der Waals surface area contributed by atoms with Gasteiger partial charge >= 0.3 is 0 Å². The van der Waals surface area contributed by atoms with Crippen LogP contribution in [0.25, 0.3) is 0 Å². The highest BCUT2D eigenvalue weighted by molar-refractivity contribution is 5.24. The number of hydrogen-bond donors (Lipinski definition) is 1. The highest BCUT2D eigenvalue weighted by atomic mass is 19.1. The van der Waals surface area contributed by atoms with Gasteiger partial charge in [-0.1, -0.05) is 13.0 Å². The average molecular weight is 294 g/mol. The van der Waals surface area contributed by atoms with Crippen molar-refractivity contribution < 1.29 is 13.2 Å². The van der Waals surface area contributed by atoms with E-state index in [0.29, 0.717) is 12.1 Å². The van der Waals surface area contributed by atoms with E-state index in [9.17, 15) is 13.2 Å². The second kappa shape index (κ2) is 7.22. The average Bonchev–Trinajstić information content (AvgIpc) is 2.46. The van der Waals surface area contributed by atoms with Crippen molar-refractivity contribution in [1.82, 2.24) is 10.3 Å². The number of halogens is 3. The van der Waals surface area contributed by atoms with Gasteiger partial charge in [-0.25, -0.2) is 13.2 Å². The summed E-state index contributed by atoms with van der Waals surface area (Å²) < 4.78 is 40.8. The number of pyridine rings is 1. The third kappa shape index (κ3) is 4.04. The number of hydrogen-bond acceptors (Lipinski definition) is 2. The normalized spacial score (nSPS) is 12.4. The maximum atomic E-state index is 13.8. The van der Waals surface area contributed by atoms with Gasteiger partial charge in [-0.3, -0.25) is 4.98 Å². The van der Waals surface area contributed by atoms with Crippen molar-refractivity contribution in [3.63, 3.8) is 0 Å². The maximum absolute atomic E-state index is 13.8. The summed E-state index contributed by atoms with van der Waals surface area (Å²) >= 11 is 0. The Morgan fingerprint density at radius 1 is 1.14 bits per heavy atom. The number of rotatable bonds is 6. The first-order valence-electron chi connectivity index (χ1n) is 6.88. The molecule has 0 saturated carbocycles. The van der Waals surface area contributed by atoms with Crippen LogP contribution in [0.1, 0.15) is 30.5 Å². The topological polar surface area (TPSA) is 24.9 Å². The summed E-state index contributed by atoms with van der Waals surface area (Å²) in [6, 6.07) is 4.71. The molecule has 0 amide bonds. The molecule has 0 fully saturated rings. The summed E-state index contributed by atoms with van der Waals surface area (Å²) in [5.74, 6) is -1.66. The van der Waals surface area contributed by atoms with Crippen LogP contribution in [0.2, 0.25) is 0 Å². The molecular weight excluding hydrogens is 277 g/mol. The Balaban J connectivity index is 2.28. The van der Waals surface area contributed by atoms with Crippen LogP contribution in [-0.2, 0) is 6.42 Å². The van der Waals surface area contributed by atoms with Crippen molar-refractivity contribution in [3.05, 3.63) is 65.2 Å². The van der Waals surface area contributed by atoms with Crippen LogP contribution in [0.4, 0.5) is 13.2 Å². The predicted octanol–water partition coefficient (Wildman–Crippen LogP) is 3.78. The van der Waals surface area contributed by atoms with Gasteiger partial charge in [0, 0.05) is 17.8 Å². The highest BCUT2D eigenvalue weighted by Crippen LogP contribution is 2.22. The molecule has 1 aromatic carbocycles. The van der Waals surface area contributed by atoms with E-state index in [1.165, 1.54) is 30.5 Å². The van der Waals surface area contributed by atoms with Gasteiger partial charge < -0.3 is 5.32 Å². The molecule has 0 radical (unpaired) electrons. The fourth-order valence-corrected chi connectivity index (χ4v) is 2.18. The zero-order valence-corrected chi connectivity index (χ0v) is 11.7. The lowest BCUT2D eigenvalue weighted by Gasteiger charge is -2.19. The van der Waals surface area contributed by atoms with Gasteiger partial charge in [0.25, 0.3) is 0 Å². The van der Waals surface area contributed by atoms with Crippen LogP contribution in [0.5, 0.6) is 0 Å². The molecule has 2 rings (SSSR count). The summed E-state index contributed by atoms with van der Waals surface area (Å²) in [5.41, 5.74) is 0.571. The summed E-state index contributed by atoms with van der Waals surface area (Å²) in [4.78, 5) is 3.80. The second-order valence-electron chi connectivity index (χ2n) is 4.85. The van der Waals surface area contributed by atoms with E-state index < -0.39 is 17.5 Å². The van der Waals surface area contributed by atoms with E-state index in [2.05, 4.69) is 10.3 Å². The highest BCUT2D eigenvalue weighted by Gasteiger charge is 2.17. The van der Waals surface area contributed by atoms with Crippen molar-refractivity contribution in [3.8, 4) is 0 Å². The third-order valence-corrected chi connectivity index (χ3v) is 3.24. The lowest BCUT2D eigenvalue weighted by molar-refractivity contribution is 0.486. The zero-order valence-electron chi connectivity index (χ0n) is 11.7.